The molecular formula is C15H17N3O3. The van der Waals surface area contributed by atoms with Crippen molar-refractivity contribution >= 4 is 11.9 Å². The van der Waals surface area contributed by atoms with Crippen LogP contribution in [-0.2, 0) is 16.0 Å². The molecule has 1 aromatic carbocycles. The number of carboxylic acids is 1. The molecule has 6 heteroatoms. The van der Waals surface area contributed by atoms with Crippen LogP contribution >= 0.6 is 0 Å². The maximum Gasteiger partial charge on any atom is 0.303 e. The normalized spacial score (nSPS) is 10.3. The lowest BCUT2D eigenvalue weighted by Gasteiger charge is -2.06. The van der Waals surface area contributed by atoms with E-state index in [9.17, 15) is 9.59 Å². The molecule has 1 heterocycles. The highest BCUT2D eigenvalue weighted by atomic mass is 16.4. The number of nitrogens with one attached hydrogen (secondary N) is 1. The molecular weight excluding hydrogens is 270 g/mol. The summed E-state index contributed by atoms with van der Waals surface area (Å²) < 4.78 is 1.75. The Morgan fingerprint density at radius 1 is 1.24 bits per heavy atom. The molecule has 1 aromatic heterocycles. The van der Waals surface area contributed by atoms with E-state index in [1.54, 1.807) is 10.9 Å². The Kier molecular flexibility index (Phi) is 5.09. The minimum atomic E-state index is -0.849. The molecule has 0 saturated carbocycles. The highest BCUT2D eigenvalue weighted by Gasteiger charge is 2.04. The minimum Gasteiger partial charge on any atom is -0.481 e. The molecule has 0 saturated heterocycles. The Labute approximate surface area is 122 Å². The van der Waals surface area contributed by atoms with Crippen molar-refractivity contribution in [1.82, 2.24) is 15.1 Å². The van der Waals surface area contributed by atoms with Gasteiger partial charge in [0.1, 0.15) is 0 Å². The molecule has 6 nitrogen and oxygen atoms in total. The van der Waals surface area contributed by atoms with Crippen molar-refractivity contribution in [3.05, 3.63) is 48.3 Å². The minimum absolute atomic E-state index is 0.0683. The molecule has 110 valence electrons. The van der Waals surface area contributed by atoms with E-state index < -0.39 is 5.97 Å². The Balaban J connectivity index is 1.80. The van der Waals surface area contributed by atoms with E-state index in [0.717, 1.165) is 11.3 Å². The number of hydrogen-bond donors (Lipinski definition) is 2. The Morgan fingerprint density at radius 2 is 2.00 bits per heavy atom. The average molecular weight is 287 g/mol. The number of carbonyl (C=O) groups is 2. The molecule has 21 heavy (non-hydrogen) atoms. The van der Waals surface area contributed by atoms with E-state index >= 15 is 0 Å². The summed E-state index contributed by atoms with van der Waals surface area (Å²) in [6, 6.07) is 9.42. The zero-order valence-electron chi connectivity index (χ0n) is 11.5. The lowest BCUT2D eigenvalue weighted by Crippen LogP contribution is -2.26. The fourth-order valence-electron chi connectivity index (χ4n) is 1.90. The van der Waals surface area contributed by atoms with Gasteiger partial charge in [-0.15, -0.1) is 0 Å². The largest absolute Gasteiger partial charge is 0.481 e. The third-order valence-corrected chi connectivity index (χ3v) is 2.96. The predicted octanol–water partition coefficient (Wildman–Crippen LogP) is 1.40. The van der Waals surface area contributed by atoms with Gasteiger partial charge in [-0.1, -0.05) is 12.1 Å². The van der Waals surface area contributed by atoms with Gasteiger partial charge in [0.15, 0.2) is 0 Å². The standard InChI is InChI=1S/C15H17N3O3/c19-14(16-8-1-3-15(20)21)11-12-4-6-13(7-5-12)18-10-2-9-17-18/h2,4-7,9-10H,1,3,8,11H2,(H,16,19)(H,20,21). The van der Waals surface area contributed by atoms with E-state index in [1.165, 1.54) is 0 Å². The smallest absolute Gasteiger partial charge is 0.303 e. The first kappa shape index (κ1) is 14.8. The second-order valence-electron chi connectivity index (χ2n) is 4.64. The van der Waals surface area contributed by atoms with E-state index in [4.69, 9.17) is 5.11 Å². The molecule has 0 radical (unpaired) electrons. The van der Waals surface area contributed by atoms with Crippen LogP contribution in [0.5, 0.6) is 0 Å². The summed E-state index contributed by atoms with van der Waals surface area (Å²) >= 11 is 0. The van der Waals surface area contributed by atoms with Crippen molar-refractivity contribution in [2.24, 2.45) is 0 Å². The van der Waals surface area contributed by atoms with Crippen LogP contribution in [0.2, 0.25) is 0 Å². The quantitative estimate of drug-likeness (QED) is 0.754. The topological polar surface area (TPSA) is 84.2 Å². The van der Waals surface area contributed by atoms with Gasteiger partial charge < -0.3 is 10.4 Å². The van der Waals surface area contributed by atoms with Crippen LogP contribution in [0.4, 0.5) is 0 Å². The molecule has 1 amide bonds. The first-order valence-electron chi connectivity index (χ1n) is 6.72. The van der Waals surface area contributed by atoms with Crippen LogP contribution < -0.4 is 5.32 Å². The van der Waals surface area contributed by atoms with Crippen molar-refractivity contribution in [3.63, 3.8) is 0 Å². The molecule has 2 N–H and O–H groups in total. The molecule has 2 aromatic rings. The van der Waals surface area contributed by atoms with Gasteiger partial charge in [0.2, 0.25) is 5.91 Å². The van der Waals surface area contributed by atoms with Crippen LogP contribution in [0.25, 0.3) is 5.69 Å². The number of carbonyl (C=O) groups excluding carboxylic acids is 1. The predicted molar refractivity (Wildman–Crippen MR) is 77.1 cm³/mol. The Hall–Kier alpha value is -2.63. The SMILES string of the molecule is O=C(O)CCCNC(=O)Cc1ccc(-n2cccn2)cc1. The van der Waals surface area contributed by atoms with Gasteiger partial charge in [0.05, 0.1) is 12.1 Å². The van der Waals surface area contributed by atoms with Crippen molar-refractivity contribution in [3.8, 4) is 5.69 Å². The molecule has 0 spiro atoms. The van der Waals surface area contributed by atoms with Gasteiger partial charge in [-0.25, -0.2) is 4.68 Å². The monoisotopic (exact) mass is 287 g/mol. The summed E-state index contributed by atoms with van der Waals surface area (Å²) in [5, 5.41) is 15.3. The van der Waals surface area contributed by atoms with Crippen molar-refractivity contribution < 1.29 is 14.7 Å². The van der Waals surface area contributed by atoms with Crippen molar-refractivity contribution in [2.45, 2.75) is 19.3 Å². The Bertz CT molecular complexity index is 591. The first-order chi connectivity index (χ1) is 10.1. The molecule has 0 fully saturated rings. The molecule has 0 atom stereocenters. The highest BCUT2D eigenvalue weighted by molar-refractivity contribution is 5.78. The number of benzene rings is 1. The average Bonchev–Trinajstić information content (AvgIpc) is 2.98. The van der Waals surface area contributed by atoms with Crippen molar-refractivity contribution in [1.29, 1.82) is 0 Å². The molecule has 0 aliphatic rings. The number of amides is 1. The van der Waals surface area contributed by atoms with Gasteiger partial charge in [-0.3, -0.25) is 9.59 Å². The number of hydrogen-bond acceptors (Lipinski definition) is 3. The number of carboxylic acid groups (broad SMARTS) is 1. The summed E-state index contributed by atoms with van der Waals surface area (Å²) in [5.74, 6) is -0.953. The molecule has 0 bridgehead atoms. The van der Waals surface area contributed by atoms with Crippen LogP contribution in [-0.4, -0.2) is 33.3 Å². The number of nitrogens with zero attached hydrogens (tertiary/aromatic N) is 2. The summed E-state index contributed by atoms with van der Waals surface area (Å²) in [6.07, 6.45) is 4.35. The maximum atomic E-state index is 11.7. The molecule has 0 aliphatic heterocycles. The van der Waals surface area contributed by atoms with Gasteiger partial charge in [-0.05, 0) is 30.2 Å². The summed E-state index contributed by atoms with van der Waals surface area (Å²) in [7, 11) is 0. The van der Waals surface area contributed by atoms with Gasteiger partial charge in [-0.2, -0.15) is 5.10 Å². The summed E-state index contributed by atoms with van der Waals surface area (Å²) in [6.45, 7) is 0.385. The molecule has 0 aliphatic carbocycles. The summed E-state index contributed by atoms with van der Waals surface area (Å²) in [4.78, 5) is 22.0. The third-order valence-electron chi connectivity index (χ3n) is 2.96. The fraction of sp³-hybridized carbons (Fsp3) is 0.267. The van der Waals surface area contributed by atoms with E-state index in [0.29, 0.717) is 13.0 Å². The van der Waals surface area contributed by atoms with Gasteiger partial charge >= 0.3 is 5.97 Å². The number of aliphatic carboxylic acids is 1. The van der Waals surface area contributed by atoms with Gasteiger partial charge in [0, 0.05) is 25.4 Å². The zero-order valence-corrected chi connectivity index (χ0v) is 11.5. The highest BCUT2D eigenvalue weighted by Crippen LogP contribution is 2.09. The van der Waals surface area contributed by atoms with Crippen molar-refractivity contribution in [2.75, 3.05) is 6.54 Å². The van der Waals surface area contributed by atoms with Crippen LogP contribution in [0.15, 0.2) is 42.7 Å². The summed E-state index contributed by atoms with van der Waals surface area (Å²) in [5.41, 5.74) is 1.84. The molecule has 0 unspecified atom stereocenters. The molecule has 2 rings (SSSR count). The third kappa shape index (κ3) is 4.76. The first-order valence-corrected chi connectivity index (χ1v) is 6.72. The Morgan fingerprint density at radius 3 is 2.62 bits per heavy atom. The number of aromatic nitrogens is 2. The second-order valence-corrected chi connectivity index (χ2v) is 4.64. The maximum absolute atomic E-state index is 11.7. The van der Waals surface area contributed by atoms with Crippen LogP contribution in [0.3, 0.4) is 0 Å². The number of rotatable bonds is 7. The lowest BCUT2D eigenvalue weighted by atomic mass is 10.1. The zero-order chi connectivity index (χ0) is 15.1. The van der Waals surface area contributed by atoms with Gasteiger partial charge in [0.25, 0.3) is 0 Å². The van der Waals surface area contributed by atoms with Crippen LogP contribution in [0.1, 0.15) is 18.4 Å². The lowest BCUT2D eigenvalue weighted by molar-refractivity contribution is -0.137. The van der Waals surface area contributed by atoms with Crippen LogP contribution in [0, 0.1) is 0 Å². The van der Waals surface area contributed by atoms with E-state index in [-0.39, 0.29) is 18.7 Å². The van der Waals surface area contributed by atoms with E-state index in [1.807, 2.05) is 36.5 Å². The van der Waals surface area contributed by atoms with E-state index in [2.05, 4.69) is 10.4 Å². The second kappa shape index (κ2) is 7.23. The fourth-order valence-corrected chi connectivity index (χ4v) is 1.90.